The molecule has 1 unspecified atom stereocenters. The van der Waals surface area contributed by atoms with Gasteiger partial charge in [0.05, 0.1) is 6.04 Å². The molecule has 1 aromatic carbocycles. The molecular weight excluding hydrogens is 217 g/mol. The largest absolute Gasteiger partial charge is 0.456 e. The third-order valence-electron chi connectivity index (χ3n) is 3.08. The Hall–Kier alpha value is -1.35. The molecule has 0 spiro atoms. The van der Waals surface area contributed by atoms with E-state index >= 15 is 0 Å². The van der Waals surface area contributed by atoms with Crippen molar-refractivity contribution >= 4 is 11.0 Å². The summed E-state index contributed by atoms with van der Waals surface area (Å²) in [5.74, 6) is 0.340. The van der Waals surface area contributed by atoms with Crippen molar-refractivity contribution in [1.29, 1.82) is 0 Å². The molecule has 0 aliphatic rings. The van der Waals surface area contributed by atoms with E-state index in [1.165, 1.54) is 0 Å². The van der Waals surface area contributed by atoms with Gasteiger partial charge in [-0.1, -0.05) is 32.9 Å². The normalized spacial score (nSPS) is 14.2. The van der Waals surface area contributed by atoms with E-state index in [1.54, 1.807) is 13.0 Å². The fraction of sp³-hybridized carbons (Fsp3) is 0.429. The van der Waals surface area contributed by atoms with Gasteiger partial charge in [0.15, 0.2) is 11.4 Å². The number of hydrogen-bond acceptors (Lipinski definition) is 2. The average molecular weight is 235 g/mol. The maximum absolute atomic E-state index is 13.8. The molecule has 0 saturated carbocycles. The van der Waals surface area contributed by atoms with Crippen LogP contribution >= 0.6 is 0 Å². The first-order valence-electron chi connectivity index (χ1n) is 5.75. The van der Waals surface area contributed by atoms with Crippen LogP contribution in [0.25, 0.3) is 11.0 Å². The third-order valence-corrected chi connectivity index (χ3v) is 3.08. The van der Waals surface area contributed by atoms with Gasteiger partial charge in [0, 0.05) is 5.39 Å². The smallest absolute Gasteiger partial charge is 0.170 e. The number of halogens is 1. The van der Waals surface area contributed by atoms with Crippen LogP contribution in [0.1, 0.15) is 38.1 Å². The highest BCUT2D eigenvalue weighted by atomic mass is 19.1. The van der Waals surface area contributed by atoms with Crippen LogP contribution in [0.5, 0.6) is 0 Å². The van der Waals surface area contributed by atoms with Gasteiger partial charge in [-0.2, -0.15) is 0 Å². The van der Waals surface area contributed by atoms with Gasteiger partial charge in [0.2, 0.25) is 0 Å². The SMILES string of the molecule is Cc1ccc2cc(C(N)C(C)(C)C)oc2c1F. The minimum atomic E-state index is -0.296. The van der Waals surface area contributed by atoms with Crippen molar-refractivity contribution in [3.05, 3.63) is 35.3 Å². The molecule has 2 rings (SSSR count). The lowest BCUT2D eigenvalue weighted by Crippen LogP contribution is -2.25. The molecule has 17 heavy (non-hydrogen) atoms. The predicted octanol–water partition coefficient (Wildman–Crippen LogP) is 3.93. The summed E-state index contributed by atoms with van der Waals surface area (Å²) in [7, 11) is 0. The first-order valence-corrected chi connectivity index (χ1v) is 5.75. The molecule has 1 heterocycles. The highest BCUT2D eigenvalue weighted by Crippen LogP contribution is 2.34. The van der Waals surface area contributed by atoms with Gasteiger partial charge in [-0.25, -0.2) is 4.39 Å². The van der Waals surface area contributed by atoms with Crippen molar-refractivity contribution in [1.82, 2.24) is 0 Å². The van der Waals surface area contributed by atoms with Crippen molar-refractivity contribution in [2.45, 2.75) is 33.7 Å². The maximum atomic E-state index is 13.8. The summed E-state index contributed by atoms with van der Waals surface area (Å²) in [6.45, 7) is 7.83. The Kier molecular flexibility index (Phi) is 2.74. The number of rotatable bonds is 1. The number of furan rings is 1. The Morgan fingerprint density at radius 3 is 2.53 bits per heavy atom. The molecule has 1 aromatic heterocycles. The van der Waals surface area contributed by atoms with Crippen LogP contribution in [0, 0.1) is 18.2 Å². The van der Waals surface area contributed by atoms with Gasteiger partial charge in [-0.15, -0.1) is 0 Å². The van der Waals surface area contributed by atoms with E-state index in [9.17, 15) is 4.39 Å². The quantitative estimate of drug-likeness (QED) is 0.813. The Morgan fingerprint density at radius 1 is 1.29 bits per heavy atom. The number of benzene rings is 1. The van der Waals surface area contributed by atoms with Gasteiger partial charge in [0.1, 0.15) is 5.76 Å². The lowest BCUT2D eigenvalue weighted by Gasteiger charge is -2.24. The zero-order valence-corrected chi connectivity index (χ0v) is 10.7. The number of aryl methyl sites for hydroxylation is 1. The fourth-order valence-electron chi connectivity index (χ4n) is 1.77. The van der Waals surface area contributed by atoms with Crippen LogP contribution in [0.4, 0.5) is 4.39 Å². The van der Waals surface area contributed by atoms with Gasteiger partial charge in [0.25, 0.3) is 0 Å². The molecule has 3 heteroatoms. The molecule has 0 aliphatic heterocycles. The van der Waals surface area contributed by atoms with Crippen molar-refractivity contribution in [2.24, 2.45) is 11.1 Å². The number of hydrogen-bond donors (Lipinski definition) is 1. The predicted molar refractivity (Wildman–Crippen MR) is 67.3 cm³/mol. The Balaban J connectivity index is 2.56. The monoisotopic (exact) mass is 235 g/mol. The summed E-state index contributed by atoms with van der Waals surface area (Å²) in [5.41, 5.74) is 6.89. The lowest BCUT2D eigenvalue weighted by atomic mass is 9.86. The van der Waals surface area contributed by atoms with Crippen LogP contribution < -0.4 is 5.73 Å². The lowest BCUT2D eigenvalue weighted by molar-refractivity contribution is 0.289. The molecule has 0 radical (unpaired) electrons. The second-order valence-corrected chi connectivity index (χ2v) is 5.61. The standard InChI is InChI=1S/C14H18FNO/c1-8-5-6-9-7-10(13(16)14(2,3)4)17-12(9)11(8)15/h5-7,13H,16H2,1-4H3. The second kappa shape index (κ2) is 3.84. The zero-order valence-electron chi connectivity index (χ0n) is 10.7. The van der Waals surface area contributed by atoms with Crippen molar-refractivity contribution in [2.75, 3.05) is 0 Å². The van der Waals surface area contributed by atoms with E-state index in [0.29, 0.717) is 16.9 Å². The fourth-order valence-corrected chi connectivity index (χ4v) is 1.77. The second-order valence-electron chi connectivity index (χ2n) is 5.61. The molecule has 0 aliphatic carbocycles. The van der Waals surface area contributed by atoms with E-state index < -0.39 is 0 Å². The van der Waals surface area contributed by atoms with E-state index in [4.69, 9.17) is 10.2 Å². The molecule has 0 amide bonds. The molecule has 1 atom stereocenters. The van der Waals surface area contributed by atoms with Gasteiger partial charge < -0.3 is 10.2 Å². The van der Waals surface area contributed by atoms with Crippen molar-refractivity contribution in [3.63, 3.8) is 0 Å². The Bertz CT molecular complexity index is 551. The molecule has 0 fully saturated rings. The van der Waals surface area contributed by atoms with Crippen molar-refractivity contribution < 1.29 is 8.81 Å². The highest BCUT2D eigenvalue weighted by molar-refractivity contribution is 5.79. The van der Waals surface area contributed by atoms with Crippen LogP contribution in [0.15, 0.2) is 22.6 Å². The highest BCUT2D eigenvalue weighted by Gasteiger charge is 2.26. The Morgan fingerprint density at radius 2 is 1.94 bits per heavy atom. The molecule has 0 bridgehead atoms. The summed E-state index contributed by atoms with van der Waals surface area (Å²) in [6.07, 6.45) is 0. The summed E-state index contributed by atoms with van der Waals surface area (Å²) < 4.78 is 19.4. The first kappa shape index (κ1) is 12.1. The first-order chi connectivity index (χ1) is 7.80. The maximum Gasteiger partial charge on any atom is 0.170 e. The van der Waals surface area contributed by atoms with Crippen LogP contribution in [0.2, 0.25) is 0 Å². The van der Waals surface area contributed by atoms with E-state index in [2.05, 4.69) is 0 Å². The molecular formula is C14H18FNO. The number of fused-ring (bicyclic) bond motifs is 1. The molecule has 2 nitrogen and oxygen atoms in total. The average Bonchev–Trinajstić information content (AvgIpc) is 2.65. The molecule has 2 aromatic rings. The van der Waals surface area contributed by atoms with Crippen LogP contribution in [-0.4, -0.2) is 0 Å². The molecule has 2 N–H and O–H groups in total. The third kappa shape index (κ3) is 2.07. The minimum absolute atomic E-state index is 0.112. The van der Waals surface area contributed by atoms with Gasteiger partial charge in [-0.05, 0) is 24.0 Å². The van der Waals surface area contributed by atoms with Crippen LogP contribution in [0.3, 0.4) is 0 Å². The minimum Gasteiger partial charge on any atom is -0.456 e. The summed E-state index contributed by atoms with van der Waals surface area (Å²) in [6, 6.07) is 5.19. The van der Waals surface area contributed by atoms with Gasteiger partial charge >= 0.3 is 0 Å². The number of nitrogens with two attached hydrogens (primary N) is 1. The molecule has 92 valence electrons. The van der Waals surface area contributed by atoms with Crippen LogP contribution in [-0.2, 0) is 0 Å². The van der Waals surface area contributed by atoms with Gasteiger partial charge in [-0.3, -0.25) is 0 Å². The Labute approximate surface area is 101 Å². The van der Waals surface area contributed by atoms with E-state index in [-0.39, 0.29) is 17.3 Å². The summed E-state index contributed by atoms with van der Waals surface area (Å²) in [5, 5.41) is 0.766. The van der Waals surface area contributed by atoms with E-state index in [1.807, 2.05) is 32.9 Å². The zero-order chi connectivity index (χ0) is 12.8. The summed E-state index contributed by atoms with van der Waals surface area (Å²) >= 11 is 0. The topological polar surface area (TPSA) is 39.2 Å². The van der Waals surface area contributed by atoms with Crippen molar-refractivity contribution in [3.8, 4) is 0 Å². The molecule has 0 saturated heterocycles. The summed E-state index contributed by atoms with van der Waals surface area (Å²) in [4.78, 5) is 0. The van der Waals surface area contributed by atoms with E-state index in [0.717, 1.165) is 5.39 Å².